The summed E-state index contributed by atoms with van der Waals surface area (Å²) in [5.41, 5.74) is 0.0592. The normalized spacial score (nSPS) is 11.2. The van der Waals surface area contributed by atoms with Crippen molar-refractivity contribution in [3.05, 3.63) is 6.33 Å². The van der Waals surface area contributed by atoms with Crippen molar-refractivity contribution in [2.45, 2.75) is 58.9 Å². The standard InChI is InChI=1S/C15H28N4O/c1-6-10-16-13-12(20-5)14(18-11-17-13)19-15(7-2,8-3)9-4/h11H,6-10H2,1-5H3,(H2,16,17,18,19). The molecule has 0 spiro atoms. The van der Waals surface area contributed by atoms with E-state index in [1.807, 2.05) is 0 Å². The van der Waals surface area contributed by atoms with Gasteiger partial charge >= 0.3 is 0 Å². The number of nitrogens with zero attached hydrogens (tertiary/aromatic N) is 2. The molecule has 0 radical (unpaired) electrons. The molecule has 0 unspecified atom stereocenters. The van der Waals surface area contributed by atoms with Crippen molar-refractivity contribution < 1.29 is 4.74 Å². The average molecular weight is 280 g/mol. The summed E-state index contributed by atoms with van der Waals surface area (Å²) >= 11 is 0. The van der Waals surface area contributed by atoms with Crippen LogP contribution in [0.5, 0.6) is 5.75 Å². The second kappa shape index (κ2) is 7.92. The molecule has 1 aromatic heterocycles. The van der Waals surface area contributed by atoms with Crippen LogP contribution in [0.2, 0.25) is 0 Å². The van der Waals surface area contributed by atoms with E-state index in [2.05, 4.69) is 48.3 Å². The van der Waals surface area contributed by atoms with E-state index in [9.17, 15) is 0 Å². The van der Waals surface area contributed by atoms with Crippen molar-refractivity contribution >= 4 is 11.6 Å². The Balaban J connectivity index is 3.05. The van der Waals surface area contributed by atoms with Crippen molar-refractivity contribution in [1.29, 1.82) is 0 Å². The van der Waals surface area contributed by atoms with Gasteiger partial charge in [0.15, 0.2) is 11.6 Å². The van der Waals surface area contributed by atoms with Crippen LogP contribution in [-0.4, -0.2) is 29.2 Å². The molecule has 0 aliphatic rings. The maximum Gasteiger partial charge on any atom is 0.204 e. The summed E-state index contributed by atoms with van der Waals surface area (Å²) in [7, 11) is 1.66. The lowest BCUT2D eigenvalue weighted by atomic mass is 9.90. The Morgan fingerprint density at radius 1 is 1.05 bits per heavy atom. The second-order valence-corrected chi connectivity index (χ2v) is 5.00. The van der Waals surface area contributed by atoms with E-state index in [0.29, 0.717) is 5.75 Å². The van der Waals surface area contributed by atoms with E-state index in [1.165, 1.54) is 0 Å². The van der Waals surface area contributed by atoms with Gasteiger partial charge in [-0.3, -0.25) is 0 Å². The number of anilines is 2. The fraction of sp³-hybridized carbons (Fsp3) is 0.733. The minimum Gasteiger partial charge on any atom is -0.490 e. The molecule has 114 valence electrons. The summed E-state index contributed by atoms with van der Waals surface area (Å²) < 4.78 is 5.50. The first-order valence-corrected chi connectivity index (χ1v) is 7.57. The molecule has 20 heavy (non-hydrogen) atoms. The highest BCUT2D eigenvalue weighted by Gasteiger charge is 2.26. The average Bonchev–Trinajstić information content (AvgIpc) is 2.50. The van der Waals surface area contributed by atoms with Gasteiger partial charge in [0, 0.05) is 12.1 Å². The smallest absolute Gasteiger partial charge is 0.204 e. The Bertz CT molecular complexity index is 397. The van der Waals surface area contributed by atoms with Gasteiger partial charge in [-0.05, 0) is 25.7 Å². The minimum atomic E-state index is 0.0592. The van der Waals surface area contributed by atoms with Gasteiger partial charge in [0.25, 0.3) is 0 Å². The molecule has 0 atom stereocenters. The third-order valence-electron chi connectivity index (χ3n) is 3.96. The van der Waals surface area contributed by atoms with Gasteiger partial charge in [0.1, 0.15) is 6.33 Å². The second-order valence-electron chi connectivity index (χ2n) is 5.00. The number of aromatic nitrogens is 2. The number of methoxy groups -OCH3 is 1. The lowest BCUT2D eigenvalue weighted by molar-refractivity contribution is 0.397. The third-order valence-corrected chi connectivity index (χ3v) is 3.96. The van der Waals surface area contributed by atoms with Crippen LogP contribution in [0.4, 0.5) is 11.6 Å². The molecule has 0 aliphatic carbocycles. The van der Waals surface area contributed by atoms with Crippen molar-refractivity contribution in [1.82, 2.24) is 9.97 Å². The number of rotatable bonds is 9. The molecular weight excluding hydrogens is 252 g/mol. The van der Waals surface area contributed by atoms with Crippen molar-refractivity contribution in [2.24, 2.45) is 0 Å². The molecule has 0 saturated carbocycles. The summed E-state index contributed by atoms with van der Waals surface area (Å²) in [6.07, 6.45) is 5.76. The Hall–Kier alpha value is -1.52. The molecule has 0 bridgehead atoms. The predicted octanol–water partition coefficient (Wildman–Crippen LogP) is 3.69. The van der Waals surface area contributed by atoms with E-state index in [1.54, 1.807) is 13.4 Å². The molecule has 0 aromatic carbocycles. The molecule has 1 heterocycles. The van der Waals surface area contributed by atoms with Crippen LogP contribution >= 0.6 is 0 Å². The quantitative estimate of drug-likeness (QED) is 0.722. The first-order valence-electron chi connectivity index (χ1n) is 7.57. The number of hydrogen-bond acceptors (Lipinski definition) is 5. The lowest BCUT2D eigenvalue weighted by Gasteiger charge is -2.33. The largest absolute Gasteiger partial charge is 0.490 e. The van der Waals surface area contributed by atoms with Crippen LogP contribution in [0.3, 0.4) is 0 Å². The van der Waals surface area contributed by atoms with E-state index >= 15 is 0 Å². The Morgan fingerprint density at radius 2 is 1.65 bits per heavy atom. The van der Waals surface area contributed by atoms with Gasteiger partial charge in [0.2, 0.25) is 5.75 Å². The molecule has 0 saturated heterocycles. The Kier molecular flexibility index (Phi) is 6.55. The SMILES string of the molecule is CCCNc1ncnc(NC(CC)(CC)CC)c1OC. The van der Waals surface area contributed by atoms with E-state index in [-0.39, 0.29) is 5.54 Å². The van der Waals surface area contributed by atoms with Crippen LogP contribution in [-0.2, 0) is 0 Å². The minimum absolute atomic E-state index is 0.0592. The molecule has 5 heteroatoms. The van der Waals surface area contributed by atoms with Crippen LogP contribution in [0, 0.1) is 0 Å². The lowest BCUT2D eigenvalue weighted by Crippen LogP contribution is -2.36. The molecule has 0 fully saturated rings. The van der Waals surface area contributed by atoms with Gasteiger partial charge in [-0.25, -0.2) is 9.97 Å². The highest BCUT2D eigenvalue weighted by molar-refractivity contribution is 5.64. The zero-order valence-electron chi connectivity index (χ0n) is 13.4. The van der Waals surface area contributed by atoms with Crippen LogP contribution in [0.1, 0.15) is 53.4 Å². The van der Waals surface area contributed by atoms with Crippen LogP contribution < -0.4 is 15.4 Å². The summed E-state index contributed by atoms with van der Waals surface area (Å²) in [5, 5.41) is 6.84. The maximum atomic E-state index is 5.50. The van der Waals surface area contributed by atoms with Gasteiger partial charge in [-0.15, -0.1) is 0 Å². The van der Waals surface area contributed by atoms with Crippen molar-refractivity contribution in [2.75, 3.05) is 24.3 Å². The molecule has 1 rings (SSSR count). The van der Waals surface area contributed by atoms with Crippen molar-refractivity contribution in [3.8, 4) is 5.75 Å². The summed E-state index contributed by atoms with van der Waals surface area (Å²) in [6, 6.07) is 0. The molecule has 0 aliphatic heterocycles. The maximum absolute atomic E-state index is 5.50. The highest BCUT2D eigenvalue weighted by atomic mass is 16.5. The Morgan fingerprint density at radius 3 is 2.15 bits per heavy atom. The summed E-state index contributed by atoms with van der Waals surface area (Å²) in [5.74, 6) is 2.22. The number of nitrogens with one attached hydrogen (secondary N) is 2. The van der Waals surface area contributed by atoms with E-state index < -0.39 is 0 Å². The van der Waals surface area contributed by atoms with Gasteiger partial charge < -0.3 is 15.4 Å². The van der Waals surface area contributed by atoms with Gasteiger partial charge in [0.05, 0.1) is 7.11 Å². The van der Waals surface area contributed by atoms with E-state index in [0.717, 1.165) is 43.9 Å². The summed E-state index contributed by atoms with van der Waals surface area (Å²) in [4.78, 5) is 8.63. The van der Waals surface area contributed by atoms with Crippen molar-refractivity contribution in [3.63, 3.8) is 0 Å². The molecule has 1 aromatic rings. The third kappa shape index (κ3) is 3.74. The fourth-order valence-electron chi connectivity index (χ4n) is 2.29. The predicted molar refractivity (Wildman–Crippen MR) is 84.6 cm³/mol. The zero-order chi connectivity index (χ0) is 15.0. The first kappa shape index (κ1) is 16.5. The van der Waals surface area contributed by atoms with Gasteiger partial charge in [-0.1, -0.05) is 27.7 Å². The summed E-state index contributed by atoms with van der Waals surface area (Å²) in [6.45, 7) is 9.58. The Labute approximate surface area is 122 Å². The molecule has 5 nitrogen and oxygen atoms in total. The monoisotopic (exact) mass is 280 g/mol. The fourth-order valence-corrected chi connectivity index (χ4v) is 2.29. The van der Waals surface area contributed by atoms with E-state index in [4.69, 9.17) is 4.74 Å². The molecular formula is C15H28N4O. The molecule has 0 amide bonds. The molecule has 2 N–H and O–H groups in total. The zero-order valence-corrected chi connectivity index (χ0v) is 13.4. The number of ether oxygens (including phenoxy) is 1. The van der Waals surface area contributed by atoms with Crippen LogP contribution in [0.15, 0.2) is 6.33 Å². The number of hydrogen-bond donors (Lipinski definition) is 2. The highest BCUT2D eigenvalue weighted by Crippen LogP contribution is 2.33. The van der Waals surface area contributed by atoms with Gasteiger partial charge in [-0.2, -0.15) is 0 Å². The van der Waals surface area contributed by atoms with Crippen LogP contribution in [0.25, 0.3) is 0 Å². The first-order chi connectivity index (χ1) is 9.66. The topological polar surface area (TPSA) is 59.1 Å².